The summed E-state index contributed by atoms with van der Waals surface area (Å²) >= 11 is 0. The number of nitrogens with one attached hydrogen (secondary N) is 2. The number of benzene rings is 1. The van der Waals surface area contributed by atoms with E-state index < -0.39 is 0 Å². The van der Waals surface area contributed by atoms with Crippen molar-refractivity contribution in [2.24, 2.45) is 0 Å². The summed E-state index contributed by atoms with van der Waals surface area (Å²) in [4.78, 5) is 25.8. The zero-order valence-corrected chi connectivity index (χ0v) is 15.0. The van der Waals surface area contributed by atoms with Crippen LogP contribution in [0, 0.1) is 0 Å². The lowest BCUT2D eigenvalue weighted by atomic mass is 9.95. The van der Waals surface area contributed by atoms with Gasteiger partial charge in [-0.15, -0.1) is 0 Å². The maximum Gasteiger partial charge on any atom is 0.254 e. The van der Waals surface area contributed by atoms with Gasteiger partial charge in [-0.05, 0) is 29.5 Å². The van der Waals surface area contributed by atoms with Crippen LogP contribution in [-0.4, -0.2) is 26.4 Å². The van der Waals surface area contributed by atoms with Gasteiger partial charge in [0.2, 0.25) is 0 Å². The van der Waals surface area contributed by atoms with Crippen molar-refractivity contribution < 1.29 is 0 Å². The average molecular weight is 336 g/mol. The van der Waals surface area contributed by atoms with Crippen molar-refractivity contribution in [3.05, 3.63) is 63.5 Å². The van der Waals surface area contributed by atoms with Gasteiger partial charge in [-0.3, -0.25) is 9.69 Å². The molecule has 1 aliphatic heterocycles. The summed E-state index contributed by atoms with van der Waals surface area (Å²) in [7, 11) is 0. The Labute approximate surface area is 147 Å². The molecule has 2 N–H and O–H groups in total. The van der Waals surface area contributed by atoms with E-state index in [4.69, 9.17) is 4.98 Å². The quantitative estimate of drug-likeness (QED) is 0.756. The fourth-order valence-electron chi connectivity index (χ4n) is 3.44. The Bertz CT molecular complexity index is 977. The number of rotatable bonds is 2. The summed E-state index contributed by atoms with van der Waals surface area (Å²) in [5, 5.41) is 1.23. The van der Waals surface area contributed by atoms with Crippen molar-refractivity contribution >= 4 is 10.9 Å². The molecule has 3 heterocycles. The third-order valence-corrected chi connectivity index (χ3v) is 4.89. The fourth-order valence-corrected chi connectivity index (χ4v) is 3.44. The molecule has 25 heavy (non-hydrogen) atoms. The van der Waals surface area contributed by atoms with Crippen LogP contribution in [0.15, 0.2) is 35.3 Å². The zero-order valence-electron chi connectivity index (χ0n) is 15.0. The summed E-state index contributed by atoms with van der Waals surface area (Å²) in [5.74, 6) is 0.769. The van der Waals surface area contributed by atoms with Gasteiger partial charge < -0.3 is 9.97 Å². The topological polar surface area (TPSA) is 64.8 Å². The van der Waals surface area contributed by atoms with Gasteiger partial charge in [0.15, 0.2) is 0 Å². The molecule has 5 heteroatoms. The molecule has 5 nitrogen and oxygen atoms in total. The molecule has 0 atom stereocenters. The van der Waals surface area contributed by atoms with E-state index in [0.29, 0.717) is 0 Å². The molecule has 0 aliphatic carbocycles. The summed E-state index contributed by atoms with van der Waals surface area (Å²) in [6.45, 7) is 8.70. The van der Waals surface area contributed by atoms with Gasteiger partial charge in [0, 0.05) is 42.3 Å². The van der Waals surface area contributed by atoms with E-state index >= 15 is 0 Å². The van der Waals surface area contributed by atoms with Crippen LogP contribution in [0.1, 0.15) is 43.4 Å². The Balaban J connectivity index is 1.59. The number of nitrogens with zero attached hydrogens (tertiary/aromatic N) is 2. The smallest absolute Gasteiger partial charge is 0.254 e. The SMILES string of the molecule is CC(C)(C)c1nc2c(c(=O)[nH]1)CCN(Cc1ccc3cc[nH]c3c1)C2. The van der Waals surface area contributed by atoms with Crippen molar-refractivity contribution in [2.75, 3.05) is 6.54 Å². The molecular weight excluding hydrogens is 312 g/mol. The first-order valence-electron chi connectivity index (χ1n) is 8.81. The summed E-state index contributed by atoms with van der Waals surface area (Å²) in [6.07, 6.45) is 2.72. The number of H-pyrrole nitrogens is 2. The van der Waals surface area contributed by atoms with E-state index in [-0.39, 0.29) is 11.0 Å². The highest BCUT2D eigenvalue weighted by atomic mass is 16.1. The van der Waals surface area contributed by atoms with E-state index in [1.807, 2.05) is 6.20 Å². The second kappa shape index (κ2) is 5.85. The van der Waals surface area contributed by atoms with Gasteiger partial charge in [0.05, 0.1) is 5.69 Å². The molecule has 130 valence electrons. The second-order valence-corrected chi connectivity index (χ2v) is 7.95. The molecule has 0 bridgehead atoms. The molecule has 1 aromatic carbocycles. The van der Waals surface area contributed by atoms with Crippen LogP contribution in [0.25, 0.3) is 10.9 Å². The van der Waals surface area contributed by atoms with Crippen molar-refractivity contribution in [3.8, 4) is 0 Å². The largest absolute Gasteiger partial charge is 0.361 e. The highest BCUT2D eigenvalue weighted by Crippen LogP contribution is 2.22. The van der Waals surface area contributed by atoms with Crippen LogP contribution < -0.4 is 5.56 Å². The van der Waals surface area contributed by atoms with Crippen molar-refractivity contribution in [2.45, 2.75) is 45.7 Å². The normalized spacial score (nSPS) is 15.5. The predicted octanol–water partition coefficient (Wildman–Crippen LogP) is 3.11. The van der Waals surface area contributed by atoms with Crippen molar-refractivity contribution in [3.63, 3.8) is 0 Å². The number of fused-ring (bicyclic) bond motifs is 2. The number of aromatic nitrogens is 3. The molecule has 0 saturated heterocycles. The molecule has 0 unspecified atom stereocenters. The summed E-state index contributed by atoms with van der Waals surface area (Å²) in [6, 6.07) is 8.62. The van der Waals surface area contributed by atoms with Crippen LogP contribution in [0.3, 0.4) is 0 Å². The Kier molecular flexibility index (Phi) is 3.76. The molecule has 0 radical (unpaired) electrons. The standard InChI is InChI=1S/C20H24N4O/c1-20(2,3)19-22-17-12-24(9-7-15(17)18(25)23-19)11-13-4-5-14-6-8-21-16(14)10-13/h4-6,8,10,21H,7,9,11-12H2,1-3H3,(H,22,23,25). The van der Waals surface area contributed by atoms with Crippen LogP contribution in [0.2, 0.25) is 0 Å². The molecule has 0 amide bonds. The lowest BCUT2D eigenvalue weighted by Crippen LogP contribution is -2.36. The van der Waals surface area contributed by atoms with E-state index in [1.165, 1.54) is 16.5 Å². The maximum atomic E-state index is 12.4. The van der Waals surface area contributed by atoms with Gasteiger partial charge in [0.25, 0.3) is 5.56 Å². The molecule has 3 aromatic rings. The van der Waals surface area contributed by atoms with Gasteiger partial charge in [-0.2, -0.15) is 0 Å². The summed E-state index contributed by atoms with van der Waals surface area (Å²) in [5.41, 5.74) is 4.10. The fraction of sp³-hybridized carbons (Fsp3) is 0.400. The molecule has 0 spiro atoms. The minimum absolute atomic E-state index is 0.0300. The molecule has 1 aliphatic rings. The molecule has 0 saturated carbocycles. The Hall–Kier alpha value is -2.40. The van der Waals surface area contributed by atoms with Crippen LogP contribution in [0.4, 0.5) is 0 Å². The van der Waals surface area contributed by atoms with Gasteiger partial charge >= 0.3 is 0 Å². The first-order valence-corrected chi connectivity index (χ1v) is 8.81. The minimum atomic E-state index is -0.158. The first-order chi connectivity index (χ1) is 11.9. The summed E-state index contributed by atoms with van der Waals surface area (Å²) < 4.78 is 0. The third kappa shape index (κ3) is 3.12. The van der Waals surface area contributed by atoms with Gasteiger partial charge in [-0.25, -0.2) is 4.98 Å². The van der Waals surface area contributed by atoms with Gasteiger partial charge in [0.1, 0.15) is 5.82 Å². The van der Waals surface area contributed by atoms with Crippen LogP contribution in [0.5, 0.6) is 0 Å². The molecule has 2 aromatic heterocycles. The van der Waals surface area contributed by atoms with Crippen LogP contribution >= 0.6 is 0 Å². The lowest BCUT2D eigenvalue weighted by Gasteiger charge is -2.29. The van der Waals surface area contributed by atoms with Crippen LogP contribution in [-0.2, 0) is 24.9 Å². The molecule has 0 fully saturated rings. The van der Waals surface area contributed by atoms with E-state index in [1.54, 1.807) is 0 Å². The van der Waals surface area contributed by atoms with E-state index in [2.05, 4.69) is 59.9 Å². The van der Waals surface area contributed by atoms with E-state index in [9.17, 15) is 4.79 Å². The first kappa shape index (κ1) is 16.1. The van der Waals surface area contributed by atoms with Gasteiger partial charge in [-0.1, -0.05) is 32.9 Å². The van der Waals surface area contributed by atoms with Crippen molar-refractivity contribution in [1.82, 2.24) is 19.9 Å². The minimum Gasteiger partial charge on any atom is -0.361 e. The maximum absolute atomic E-state index is 12.4. The third-order valence-electron chi connectivity index (χ3n) is 4.89. The number of hydrogen-bond donors (Lipinski definition) is 2. The number of aromatic amines is 2. The monoisotopic (exact) mass is 336 g/mol. The highest BCUT2D eigenvalue weighted by molar-refractivity contribution is 5.79. The predicted molar refractivity (Wildman–Crippen MR) is 99.7 cm³/mol. The average Bonchev–Trinajstić information content (AvgIpc) is 3.01. The van der Waals surface area contributed by atoms with Crippen molar-refractivity contribution in [1.29, 1.82) is 0 Å². The Morgan fingerprint density at radius 1 is 1.24 bits per heavy atom. The highest BCUT2D eigenvalue weighted by Gasteiger charge is 2.24. The Morgan fingerprint density at radius 3 is 2.88 bits per heavy atom. The Morgan fingerprint density at radius 2 is 2.08 bits per heavy atom. The molecular formula is C20H24N4O. The van der Waals surface area contributed by atoms with E-state index in [0.717, 1.165) is 43.1 Å². The molecule has 4 rings (SSSR count). The lowest BCUT2D eigenvalue weighted by molar-refractivity contribution is 0.239. The number of hydrogen-bond acceptors (Lipinski definition) is 3. The second-order valence-electron chi connectivity index (χ2n) is 7.95. The zero-order chi connectivity index (χ0) is 17.6.